The number of aliphatic hydroxyl groups is 1. The fraction of sp³-hybridized carbons (Fsp3) is 0.217. The predicted molar refractivity (Wildman–Crippen MR) is 106 cm³/mol. The maximum atomic E-state index is 14.6. The Balaban J connectivity index is 2.00. The Kier molecular flexibility index (Phi) is 7.47. The molecular formula is C23H17F8NO2. The largest absolute Gasteiger partial charge is 0.457 e. The molecule has 182 valence electrons. The number of hydrogen-bond acceptors (Lipinski definition) is 3. The standard InChI is InChI=1S/C23H17F8NO2/c24-15-5-7-16(8-6-15)34-17-3-1-2-13(10-17)21(32-12-20(33)23(29,30)31)18-11-14(22(26,27)28)4-9-19(18)25/h1-11,20-21,32-33H,12H2/t20-,21?/m1/s1. The zero-order chi connectivity index (χ0) is 25.1. The Morgan fingerprint density at radius 2 is 1.50 bits per heavy atom. The lowest BCUT2D eigenvalue weighted by atomic mass is 9.95. The molecule has 1 unspecified atom stereocenters. The lowest BCUT2D eigenvalue weighted by Gasteiger charge is -2.24. The molecule has 0 saturated carbocycles. The molecule has 0 spiro atoms. The fourth-order valence-electron chi connectivity index (χ4n) is 3.09. The monoisotopic (exact) mass is 491 g/mol. The second kappa shape index (κ2) is 9.98. The third kappa shape index (κ3) is 6.45. The zero-order valence-electron chi connectivity index (χ0n) is 17.1. The normalized spacial score (nSPS) is 14.0. The molecule has 3 rings (SSSR count). The minimum Gasteiger partial charge on any atom is -0.457 e. The number of alkyl halides is 6. The topological polar surface area (TPSA) is 41.5 Å². The average Bonchev–Trinajstić information content (AvgIpc) is 2.75. The highest BCUT2D eigenvalue weighted by atomic mass is 19.4. The highest BCUT2D eigenvalue weighted by molar-refractivity contribution is 5.41. The van der Waals surface area contributed by atoms with Crippen LogP contribution in [0.4, 0.5) is 35.1 Å². The van der Waals surface area contributed by atoms with Crippen LogP contribution in [0, 0.1) is 11.6 Å². The summed E-state index contributed by atoms with van der Waals surface area (Å²) in [6.45, 7) is -1.12. The van der Waals surface area contributed by atoms with Crippen molar-refractivity contribution in [3.8, 4) is 11.5 Å². The van der Waals surface area contributed by atoms with Crippen LogP contribution in [0.25, 0.3) is 0 Å². The van der Waals surface area contributed by atoms with Gasteiger partial charge in [0.2, 0.25) is 0 Å². The summed E-state index contributed by atoms with van der Waals surface area (Å²) in [6.07, 6.45) is -12.7. The van der Waals surface area contributed by atoms with Gasteiger partial charge >= 0.3 is 12.4 Å². The van der Waals surface area contributed by atoms with Crippen molar-refractivity contribution in [2.75, 3.05) is 6.54 Å². The summed E-state index contributed by atoms with van der Waals surface area (Å²) in [5.41, 5.74) is -1.72. The van der Waals surface area contributed by atoms with Crippen molar-refractivity contribution in [2.24, 2.45) is 0 Å². The summed E-state index contributed by atoms with van der Waals surface area (Å²) in [7, 11) is 0. The molecule has 3 nitrogen and oxygen atoms in total. The summed E-state index contributed by atoms with van der Waals surface area (Å²) in [5.74, 6) is -1.30. The minimum atomic E-state index is -5.00. The first-order valence-electron chi connectivity index (χ1n) is 9.73. The molecule has 3 aromatic rings. The molecular weight excluding hydrogens is 474 g/mol. The van der Waals surface area contributed by atoms with Gasteiger partial charge in [0.15, 0.2) is 6.10 Å². The van der Waals surface area contributed by atoms with E-state index in [1.807, 2.05) is 0 Å². The van der Waals surface area contributed by atoms with Crippen LogP contribution in [-0.4, -0.2) is 23.9 Å². The second-order valence-corrected chi connectivity index (χ2v) is 7.26. The van der Waals surface area contributed by atoms with E-state index >= 15 is 0 Å². The number of rotatable bonds is 7. The van der Waals surface area contributed by atoms with E-state index in [2.05, 4.69) is 5.32 Å². The van der Waals surface area contributed by atoms with E-state index in [0.29, 0.717) is 18.2 Å². The van der Waals surface area contributed by atoms with E-state index in [1.165, 1.54) is 36.4 Å². The Morgan fingerprint density at radius 3 is 2.12 bits per heavy atom. The Labute approximate surface area is 188 Å². The van der Waals surface area contributed by atoms with Crippen LogP contribution >= 0.6 is 0 Å². The Morgan fingerprint density at radius 1 is 0.824 bits per heavy atom. The molecule has 2 N–H and O–H groups in total. The third-order valence-electron chi connectivity index (χ3n) is 4.77. The molecule has 0 radical (unpaired) electrons. The molecule has 0 amide bonds. The zero-order valence-corrected chi connectivity index (χ0v) is 17.1. The maximum Gasteiger partial charge on any atom is 0.416 e. The van der Waals surface area contributed by atoms with Crippen molar-refractivity contribution < 1.29 is 45.0 Å². The highest BCUT2D eigenvalue weighted by Gasteiger charge is 2.39. The van der Waals surface area contributed by atoms with Gasteiger partial charge in [-0.1, -0.05) is 12.1 Å². The summed E-state index contributed by atoms with van der Waals surface area (Å²) in [6, 6.07) is 10.4. The number of benzene rings is 3. The lowest BCUT2D eigenvalue weighted by Crippen LogP contribution is -2.40. The van der Waals surface area contributed by atoms with Crippen molar-refractivity contribution in [2.45, 2.75) is 24.5 Å². The van der Waals surface area contributed by atoms with Crippen LogP contribution in [0.5, 0.6) is 11.5 Å². The third-order valence-corrected chi connectivity index (χ3v) is 4.77. The molecule has 0 aliphatic carbocycles. The van der Waals surface area contributed by atoms with Gasteiger partial charge in [-0.15, -0.1) is 0 Å². The van der Waals surface area contributed by atoms with Crippen LogP contribution in [0.3, 0.4) is 0 Å². The summed E-state index contributed by atoms with van der Waals surface area (Å²) in [4.78, 5) is 0. The molecule has 3 aromatic carbocycles. The molecule has 0 heterocycles. The van der Waals surface area contributed by atoms with Crippen LogP contribution < -0.4 is 10.1 Å². The van der Waals surface area contributed by atoms with E-state index in [1.54, 1.807) is 0 Å². The predicted octanol–water partition coefficient (Wildman–Crippen LogP) is 6.38. The van der Waals surface area contributed by atoms with E-state index in [4.69, 9.17) is 4.74 Å². The van der Waals surface area contributed by atoms with Crippen molar-refractivity contribution in [1.29, 1.82) is 0 Å². The van der Waals surface area contributed by atoms with E-state index < -0.39 is 53.8 Å². The summed E-state index contributed by atoms with van der Waals surface area (Å²) < 4.78 is 111. The molecule has 0 saturated heterocycles. The molecule has 2 atom stereocenters. The van der Waals surface area contributed by atoms with Crippen LogP contribution in [0.1, 0.15) is 22.7 Å². The van der Waals surface area contributed by atoms with Crippen molar-refractivity contribution >= 4 is 0 Å². The van der Waals surface area contributed by atoms with Gasteiger partial charge in [0.05, 0.1) is 11.6 Å². The SMILES string of the molecule is O[C@H](CNC(c1cccc(Oc2ccc(F)cc2)c1)c1cc(C(F)(F)F)ccc1F)C(F)(F)F. The number of hydrogen-bond donors (Lipinski definition) is 2. The first-order chi connectivity index (χ1) is 15.8. The average molecular weight is 491 g/mol. The Hall–Kier alpha value is -3.18. The Bertz CT molecular complexity index is 1110. The fourth-order valence-corrected chi connectivity index (χ4v) is 3.09. The number of ether oxygens (including phenoxy) is 1. The van der Waals surface area contributed by atoms with Gasteiger partial charge < -0.3 is 15.2 Å². The molecule has 0 bridgehead atoms. The molecule has 0 aliphatic rings. The summed E-state index contributed by atoms with van der Waals surface area (Å²) >= 11 is 0. The van der Waals surface area contributed by atoms with Crippen LogP contribution in [-0.2, 0) is 6.18 Å². The number of halogens is 8. The van der Waals surface area contributed by atoms with E-state index in [9.17, 15) is 40.2 Å². The highest BCUT2D eigenvalue weighted by Crippen LogP contribution is 2.35. The molecule has 0 fully saturated rings. The minimum absolute atomic E-state index is 0.0622. The van der Waals surface area contributed by atoms with Crippen molar-refractivity contribution in [1.82, 2.24) is 5.32 Å². The van der Waals surface area contributed by atoms with Crippen LogP contribution in [0.2, 0.25) is 0 Å². The lowest BCUT2D eigenvalue weighted by molar-refractivity contribution is -0.202. The summed E-state index contributed by atoms with van der Waals surface area (Å²) in [5, 5.41) is 11.6. The van der Waals surface area contributed by atoms with Gasteiger partial charge in [0.1, 0.15) is 23.1 Å². The quantitative estimate of drug-likeness (QED) is 0.377. The van der Waals surface area contributed by atoms with E-state index in [-0.39, 0.29) is 17.1 Å². The first kappa shape index (κ1) is 25.4. The molecule has 34 heavy (non-hydrogen) atoms. The first-order valence-corrected chi connectivity index (χ1v) is 9.73. The molecule has 11 heteroatoms. The van der Waals surface area contributed by atoms with Crippen LogP contribution in [0.15, 0.2) is 66.7 Å². The molecule has 0 aromatic heterocycles. The van der Waals surface area contributed by atoms with Crippen molar-refractivity contribution in [3.63, 3.8) is 0 Å². The van der Waals surface area contributed by atoms with Gasteiger partial charge in [0, 0.05) is 12.1 Å². The van der Waals surface area contributed by atoms with Gasteiger partial charge in [-0.2, -0.15) is 26.3 Å². The van der Waals surface area contributed by atoms with E-state index in [0.717, 1.165) is 12.1 Å². The van der Waals surface area contributed by atoms with Gasteiger partial charge in [-0.05, 0) is 60.2 Å². The molecule has 0 aliphatic heterocycles. The van der Waals surface area contributed by atoms with Gasteiger partial charge in [-0.25, -0.2) is 8.78 Å². The van der Waals surface area contributed by atoms with Crippen molar-refractivity contribution in [3.05, 3.63) is 95.1 Å². The van der Waals surface area contributed by atoms with Gasteiger partial charge in [0.25, 0.3) is 0 Å². The number of nitrogens with one attached hydrogen (secondary N) is 1. The van der Waals surface area contributed by atoms with Gasteiger partial charge in [-0.3, -0.25) is 0 Å². The number of aliphatic hydroxyl groups excluding tert-OH is 1. The smallest absolute Gasteiger partial charge is 0.416 e. The maximum absolute atomic E-state index is 14.6. The second-order valence-electron chi connectivity index (χ2n) is 7.26.